The summed E-state index contributed by atoms with van der Waals surface area (Å²) in [6.45, 7) is 12.8. The number of carbonyl (C=O) groups excluding carboxylic acids is 1. The minimum absolute atomic E-state index is 0.0125. The maximum absolute atomic E-state index is 12.9. The summed E-state index contributed by atoms with van der Waals surface area (Å²) >= 11 is 1.72. The maximum atomic E-state index is 12.9. The molecule has 2 aliphatic rings. The van der Waals surface area contributed by atoms with E-state index in [2.05, 4.69) is 30.7 Å². The fourth-order valence-electron chi connectivity index (χ4n) is 4.78. The summed E-state index contributed by atoms with van der Waals surface area (Å²) in [6.07, 6.45) is 4.71. The summed E-state index contributed by atoms with van der Waals surface area (Å²) in [4.78, 5) is 39.4. The molecule has 1 aliphatic carbocycles. The van der Waals surface area contributed by atoms with Gasteiger partial charge in [-0.2, -0.15) is 0 Å². The lowest BCUT2D eigenvalue weighted by Crippen LogP contribution is -2.48. The minimum atomic E-state index is 0.0125. The molecule has 4 rings (SSSR count). The summed E-state index contributed by atoms with van der Waals surface area (Å²) < 4.78 is 0. The summed E-state index contributed by atoms with van der Waals surface area (Å²) in [5.41, 5.74) is 1.54. The summed E-state index contributed by atoms with van der Waals surface area (Å²) in [5, 5.41) is 0.820. The number of hydrogen-bond acceptors (Lipinski definition) is 5. The average molecular weight is 431 g/mol. The van der Waals surface area contributed by atoms with Crippen molar-refractivity contribution in [2.24, 2.45) is 11.3 Å². The highest BCUT2D eigenvalue weighted by atomic mass is 32.1. The van der Waals surface area contributed by atoms with Gasteiger partial charge in [0.05, 0.1) is 11.9 Å². The Labute approximate surface area is 182 Å². The first-order valence-corrected chi connectivity index (χ1v) is 12.1. The normalized spacial score (nSPS) is 20.5. The van der Waals surface area contributed by atoms with E-state index in [-0.39, 0.29) is 11.5 Å². The lowest BCUT2D eigenvalue weighted by atomic mass is 9.72. The molecule has 1 saturated heterocycles. The van der Waals surface area contributed by atoms with Gasteiger partial charge in [-0.25, -0.2) is 4.98 Å². The van der Waals surface area contributed by atoms with Crippen LogP contribution in [0, 0.1) is 11.3 Å². The van der Waals surface area contributed by atoms with Gasteiger partial charge in [-0.05, 0) is 42.6 Å². The van der Waals surface area contributed by atoms with E-state index >= 15 is 0 Å². The van der Waals surface area contributed by atoms with Gasteiger partial charge in [-0.3, -0.25) is 14.5 Å². The third kappa shape index (κ3) is 4.33. The second kappa shape index (κ2) is 8.42. The highest BCUT2D eigenvalue weighted by Gasteiger charge is 2.31. The largest absolute Gasteiger partial charge is 0.340 e. The van der Waals surface area contributed by atoms with E-state index in [0.717, 1.165) is 67.9 Å². The zero-order valence-corrected chi connectivity index (χ0v) is 19.5. The van der Waals surface area contributed by atoms with Gasteiger partial charge in [0.2, 0.25) is 5.91 Å². The zero-order chi connectivity index (χ0) is 21.5. The molecule has 1 aliphatic heterocycles. The minimum Gasteiger partial charge on any atom is -0.340 e. The van der Waals surface area contributed by atoms with Gasteiger partial charge in [0.15, 0.2) is 0 Å². The van der Waals surface area contributed by atoms with E-state index < -0.39 is 0 Å². The van der Waals surface area contributed by atoms with Crippen molar-refractivity contribution in [1.29, 1.82) is 0 Å². The Hall–Kier alpha value is -1.73. The van der Waals surface area contributed by atoms with Gasteiger partial charge in [-0.1, -0.05) is 27.7 Å². The molecule has 0 radical (unpaired) electrons. The zero-order valence-electron chi connectivity index (χ0n) is 18.7. The lowest BCUT2D eigenvalue weighted by Gasteiger charge is -2.34. The Morgan fingerprint density at radius 1 is 1.23 bits per heavy atom. The number of aromatic nitrogens is 2. The number of H-pyrrole nitrogens is 1. The Kier molecular flexibility index (Phi) is 6.04. The number of aryl methyl sites for hydroxylation is 1. The molecule has 0 saturated carbocycles. The number of amides is 1. The number of fused-ring (bicyclic) bond motifs is 3. The smallest absolute Gasteiger partial charge is 0.259 e. The molecule has 2 aromatic rings. The fourth-order valence-corrected chi connectivity index (χ4v) is 6.10. The molecular weight excluding hydrogens is 396 g/mol. The Balaban J connectivity index is 1.48. The van der Waals surface area contributed by atoms with Crippen molar-refractivity contribution < 1.29 is 4.79 Å². The van der Waals surface area contributed by atoms with Gasteiger partial charge in [-0.15, -0.1) is 11.3 Å². The molecule has 1 atom stereocenters. The third-order valence-corrected chi connectivity index (χ3v) is 7.90. The molecule has 0 aromatic carbocycles. The SMILES string of the molecule is CCCC(=O)N1CCN(Cc2nc3sc4c(c3c(=O)[nH]2)CC[C@H](C(C)(C)C)C4)CC1. The van der Waals surface area contributed by atoms with Crippen molar-refractivity contribution in [3.05, 3.63) is 26.6 Å². The van der Waals surface area contributed by atoms with Crippen molar-refractivity contribution >= 4 is 27.5 Å². The number of aromatic amines is 1. The van der Waals surface area contributed by atoms with Crippen LogP contribution in [0.1, 0.15) is 63.2 Å². The average Bonchev–Trinajstić information content (AvgIpc) is 3.06. The van der Waals surface area contributed by atoms with Crippen LogP contribution in [0.3, 0.4) is 0 Å². The van der Waals surface area contributed by atoms with E-state index in [1.54, 1.807) is 11.3 Å². The number of nitrogens with one attached hydrogen (secondary N) is 1. The summed E-state index contributed by atoms with van der Waals surface area (Å²) in [5.74, 6) is 1.65. The van der Waals surface area contributed by atoms with Crippen LogP contribution < -0.4 is 5.56 Å². The van der Waals surface area contributed by atoms with Crippen LogP contribution in [0.5, 0.6) is 0 Å². The molecular formula is C23H34N4O2S. The number of nitrogens with zero attached hydrogens (tertiary/aromatic N) is 3. The van der Waals surface area contributed by atoms with Crippen LogP contribution in [-0.4, -0.2) is 51.9 Å². The predicted molar refractivity (Wildman–Crippen MR) is 122 cm³/mol. The fraction of sp³-hybridized carbons (Fsp3) is 0.696. The Morgan fingerprint density at radius 2 is 1.97 bits per heavy atom. The van der Waals surface area contributed by atoms with Crippen LogP contribution >= 0.6 is 11.3 Å². The lowest BCUT2D eigenvalue weighted by molar-refractivity contribution is -0.133. The molecule has 30 heavy (non-hydrogen) atoms. The quantitative estimate of drug-likeness (QED) is 0.805. The molecule has 2 aromatic heterocycles. The first-order chi connectivity index (χ1) is 14.3. The molecule has 0 unspecified atom stereocenters. The molecule has 164 valence electrons. The second-order valence-electron chi connectivity index (χ2n) is 9.91. The molecule has 6 nitrogen and oxygen atoms in total. The molecule has 1 amide bonds. The summed E-state index contributed by atoms with van der Waals surface area (Å²) in [7, 11) is 0. The van der Waals surface area contributed by atoms with Gasteiger partial charge in [0, 0.05) is 37.5 Å². The topological polar surface area (TPSA) is 69.3 Å². The number of piperazine rings is 1. The van der Waals surface area contributed by atoms with Gasteiger partial charge in [0.25, 0.3) is 5.56 Å². The standard InChI is InChI=1S/C23H34N4O2S/c1-5-6-19(28)27-11-9-26(10-12-27)14-18-24-21(29)20-16-8-7-15(23(2,3)4)13-17(16)30-22(20)25-18/h15H,5-14H2,1-4H3,(H,24,25,29)/t15-/m0/s1. The third-order valence-electron chi connectivity index (χ3n) is 6.76. The number of hydrogen-bond donors (Lipinski definition) is 1. The molecule has 3 heterocycles. The van der Waals surface area contributed by atoms with Gasteiger partial charge < -0.3 is 9.88 Å². The predicted octanol–water partition coefficient (Wildman–Crippen LogP) is 3.58. The Morgan fingerprint density at radius 3 is 2.63 bits per heavy atom. The van der Waals surface area contributed by atoms with Crippen LogP contribution in [-0.2, 0) is 24.2 Å². The van der Waals surface area contributed by atoms with E-state index in [9.17, 15) is 9.59 Å². The number of carbonyl (C=O) groups is 1. The van der Waals surface area contributed by atoms with Gasteiger partial charge >= 0.3 is 0 Å². The highest BCUT2D eigenvalue weighted by Crippen LogP contribution is 2.41. The monoisotopic (exact) mass is 430 g/mol. The highest BCUT2D eigenvalue weighted by molar-refractivity contribution is 7.18. The van der Waals surface area contributed by atoms with Crippen molar-refractivity contribution in [1.82, 2.24) is 19.8 Å². The number of thiophene rings is 1. The van der Waals surface area contributed by atoms with Gasteiger partial charge in [0.1, 0.15) is 10.7 Å². The molecule has 0 spiro atoms. The first kappa shape index (κ1) is 21.5. The van der Waals surface area contributed by atoms with E-state index in [0.29, 0.717) is 24.3 Å². The van der Waals surface area contributed by atoms with Crippen LogP contribution in [0.15, 0.2) is 4.79 Å². The summed E-state index contributed by atoms with van der Waals surface area (Å²) in [6, 6.07) is 0. The van der Waals surface area contributed by atoms with Crippen molar-refractivity contribution in [3.63, 3.8) is 0 Å². The number of rotatable bonds is 4. The van der Waals surface area contributed by atoms with Crippen LogP contribution in [0.4, 0.5) is 0 Å². The Bertz CT molecular complexity index is 979. The van der Waals surface area contributed by atoms with Crippen molar-refractivity contribution in [3.8, 4) is 0 Å². The molecule has 7 heteroatoms. The maximum Gasteiger partial charge on any atom is 0.259 e. The second-order valence-corrected chi connectivity index (χ2v) is 11.0. The van der Waals surface area contributed by atoms with E-state index in [1.165, 1.54) is 10.4 Å². The van der Waals surface area contributed by atoms with Crippen molar-refractivity contribution in [2.45, 2.75) is 66.3 Å². The van der Waals surface area contributed by atoms with Crippen LogP contribution in [0.25, 0.3) is 10.2 Å². The molecule has 1 fully saturated rings. The van der Waals surface area contributed by atoms with Crippen LogP contribution in [0.2, 0.25) is 0 Å². The first-order valence-electron chi connectivity index (χ1n) is 11.3. The molecule has 1 N–H and O–H groups in total. The van der Waals surface area contributed by atoms with Crippen molar-refractivity contribution in [2.75, 3.05) is 26.2 Å². The van der Waals surface area contributed by atoms with E-state index in [1.807, 2.05) is 11.8 Å². The van der Waals surface area contributed by atoms with E-state index in [4.69, 9.17) is 4.98 Å². The molecule has 0 bridgehead atoms.